The van der Waals surface area contributed by atoms with Crippen molar-refractivity contribution in [1.29, 1.82) is 0 Å². The van der Waals surface area contributed by atoms with Crippen LogP contribution in [0, 0.1) is 32.4 Å². The third kappa shape index (κ3) is 4.70. The molecule has 7 nitrogen and oxygen atoms in total. The number of amides is 2. The third-order valence-corrected chi connectivity index (χ3v) is 5.26. The summed E-state index contributed by atoms with van der Waals surface area (Å²) in [6.07, 6.45) is 0. The topological polar surface area (TPSA) is 80.1 Å². The van der Waals surface area contributed by atoms with Gasteiger partial charge in [0.05, 0.1) is 28.5 Å². The van der Waals surface area contributed by atoms with Gasteiger partial charge in [-0.1, -0.05) is 0 Å². The molecule has 2 heterocycles. The number of anilines is 1. The van der Waals surface area contributed by atoms with Gasteiger partial charge in [-0.15, -0.1) is 11.3 Å². The quantitative estimate of drug-likeness (QED) is 0.645. The summed E-state index contributed by atoms with van der Waals surface area (Å²) in [7, 11) is 1.52. The lowest BCUT2D eigenvalue weighted by molar-refractivity contribution is 0.0783. The van der Waals surface area contributed by atoms with Crippen molar-refractivity contribution in [2.75, 3.05) is 18.9 Å². The number of likely N-dealkylation sites (N-methyl/N-ethyl adjacent to an activating group) is 1. The Kier molecular flexibility index (Phi) is 6.25. The highest BCUT2D eigenvalue weighted by atomic mass is 32.1. The Bertz CT molecular complexity index is 1110. The van der Waals surface area contributed by atoms with Crippen LogP contribution in [-0.4, -0.2) is 45.1 Å². The minimum Gasteiger partial charge on any atom is -0.340 e. The van der Waals surface area contributed by atoms with E-state index in [4.69, 9.17) is 0 Å². The Labute approximate surface area is 176 Å². The van der Waals surface area contributed by atoms with Crippen LogP contribution in [0.5, 0.6) is 0 Å². The highest BCUT2D eigenvalue weighted by Gasteiger charge is 2.21. The molecule has 30 heavy (non-hydrogen) atoms. The van der Waals surface area contributed by atoms with Gasteiger partial charge in [0.15, 0.2) is 0 Å². The number of hydrogen-bond acceptors (Lipinski definition) is 5. The number of rotatable bonds is 6. The zero-order chi connectivity index (χ0) is 22.0. The van der Waals surface area contributed by atoms with E-state index in [1.54, 1.807) is 11.6 Å². The van der Waals surface area contributed by atoms with Crippen LogP contribution in [0.4, 0.5) is 14.5 Å². The molecule has 0 saturated heterocycles. The number of benzene rings is 1. The Hall–Kier alpha value is -3.14. The first kappa shape index (κ1) is 21.6. The van der Waals surface area contributed by atoms with Gasteiger partial charge in [-0.25, -0.2) is 13.8 Å². The Balaban J connectivity index is 1.75. The van der Waals surface area contributed by atoms with Crippen LogP contribution < -0.4 is 5.32 Å². The van der Waals surface area contributed by atoms with Crippen LogP contribution in [0.15, 0.2) is 23.6 Å². The zero-order valence-electron chi connectivity index (χ0n) is 17.0. The van der Waals surface area contributed by atoms with Gasteiger partial charge in [0, 0.05) is 30.7 Å². The number of carbonyl (C=O) groups excluding carboxylic acids is 2. The second-order valence-corrected chi connectivity index (χ2v) is 7.96. The van der Waals surface area contributed by atoms with E-state index in [9.17, 15) is 18.4 Å². The molecule has 3 aromatic rings. The van der Waals surface area contributed by atoms with Gasteiger partial charge >= 0.3 is 0 Å². The summed E-state index contributed by atoms with van der Waals surface area (Å²) >= 11 is 1.27. The average Bonchev–Trinajstić information content (AvgIpc) is 3.26. The number of nitrogens with zero attached hydrogens (tertiary/aromatic N) is 4. The van der Waals surface area contributed by atoms with Gasteiger partial charge in [0.25, 0.3) is 11.8 Å². The van der Waals surface area contributed by atoms with Crippen molar-refractivity contribution in [3.8, 4) is 0 Å². The molecular weight excluding hydrogens is 412 g/mol. The molecule has 158 valence electrons. The van der Waals surface area contributed by atoms with Gasteiger partial charge in [0.1, 0.15) is 17.3 Å². The predicted octanol–water partition coefficient (Wildman–Crippen LogP) is 3.57. The fourth-order valence-corrected chi connectivity index (χ4v) is 3.51. The molecule has 1 aromatic carbocycles. The molecule has 1 N–H and O–H groups in total. The van der Waals surface area contributed by atoms with Crippen molar-refractivity contribution < 1.29 is 18.4 Å². The Morgan fingerprint density at radius 3 is 2.50 bits per heavy atom. The van der Waals surface area contributed by atoms with Crippen LogP contribution >= 0.6 is 11.3 Å². The smallest absolute Gasteiger partial charge is 0.275 e. The summed E-state index contributed by atoms with van der Waals surface area (Å²) in [5, 5.41) is 8.88. The Morgan fingerprint density at radius 2 is 1.90 bits per heavy atom. The lowest BCUT2D eigenvalue weighted by Gasteiger charge is -2.19. The van der Waals surface area contributed by atoms with Crippen LogP contribution in [0.1, 0.15) is 37.2 Å². The number of halogens is 2. The van der Waals surface area contributed by atoms with E-state index in [2.05, 4.69) is 15.4 Å². The number of aromatic nitrogens is 3. The SMILES string of the molecule is Cc1cc(C)n(CCN(C)C(=O)c2cc(NC(=O)c3csc(C)n3)c(F)cc2F)n1. The van der Waals surface area contributed by atoms with E-state index in [0.29, 0.717) is 17.6 Å². The number of aryl methyl sites for hydroxylation is 3. The minimum absolute atomic E-state index is 0.121. The molecule has 2 amide bonds. The van der Waals surface area contributed by atoms with Crippen LogP contribution in [0.2, 0.25) is 0 Å². The normalized spacial score (nSPS) is 10.9. The zero-order valence-corrected chi connectivity index (χ0v) is 17.8. The average molecular weight is 433 g/mol. The third-order valence-electron chi connectivity index (χ3n) is 4.48. The first-order valence-electron chi connectivity index (χ1n) is 9.14. The number of hydrogen-bond donors (Lipinski definition) is 1. The van der Waals surface area contributed by atoms with Gasteiger partial charge in [-0.3, -0.25) is 14.3 Å². The lowest BCUT2D eigenvalue weighted by Crippen LogP contribution is -2.31. The van der Waals surface area contributed by atoms with Gasteiger partial charge in [-0.2, -0.15) is 5.10 Å². The molecule has 0 bridgehead atoms. The van der Waals surface area contributed by atoms with Crippen LogP contribution in [0.3, 0.4) is 0 Å². The number of thiazole rings is 1. The Morgan fingerprint density at radius 1 is 1.17 bits per heavy atom. The number of nitrogens with one attached hydrogen (secondary N) is 1. The molecule has 10 heteroatoms. The first-order chi connectivity index (χ1) is 14.2. The van der Waals surface area contributed by atoms with Crippen molar-refractivity contribution in [3.63, 3.8) is 0 Å². The molecule has 0 atom stereocenters. The second kappa shape index (κ2) is 8.70. The van der Waals surface area contributed by atoms with E-state index in [1.165, 1.54) is 28.7 Å². The first-order valence-corrected chi connectivity index (χ1v) is 10.0. The summed E-state index contributed by atoms with van der Waals surface area (Å²) in [4.78, 5) is 30.3. The van der Waals surface area contributed by atoms with E-state index in [0.717, 1.165) is 17.5 Å². The predicted molar refractivity (Wildman–Crippen MR) is 110 cm³/mol. The van der Waals surface area contributed by atoms with E-state index in [1.807, 2.05) is 19.9 Å². The summed E-state index contributed by atoms with van der Waals surface area (Å²) in [5.74, 6) is -3.25. The molecule has 0 aliphatic carbocycles. The standard InChI is InChI=1S/C20H21F2N5O2S/c1-11-7-12(2)27(25-11)6-5-26(4)20(29)14-8-17(16(22)9-15(14)21)24-19(28)18-10-30-13(3)23-18/h7-10H,5-6H2,1-4H3,(H,24,28). The maximum Gasteiger partial charge on any atom is 0.275 e. The molecule has 0 unspecified atom stereocenters. The lowest BCUT2D eigenvalue weighted by atomic mass is 10.1. The van der Waals surface area contributed by atoms with Crippen molar-refractivity contribution in [2.24, 2.45) is 0 Å². The summed E-state index contributed by atoms with van der Waals surface area (Å²) < 4.78 is 30.2. The van der Waals surface area contributed by atoms with E-state index in [-0.39, 0.29) is 23.5 Å². The van der Waals surface area contributed by atoms with E-state index >= 15 is 0 Å². The van der Waals surface area contributed by atoms with Gasteiger partial charge in [-0.05, 0) is 32.9 Å². The van der Waals surface area contributed by atoms with Crippen LogP contribution in [0.25, 0.3) is 0 Å². The molecule has 0 radical (unpaired) electrons. The molecule has 0 aliphatic heterocycles. The maximum atomic E-state index is 14.3. The number of carbonyl (C=O) groups is 2. The molecule has 3 rings (SSSR count). The fraction of sp³-hybridized carbons (Fsp3) is 0.300. The van der Waals surface area contributed by atoms with E-state index < -0.39 is 23.4 Å². The molecule has 0 fully saturated rings. The highest BCUT2D eigenvalue weighted by molar-refractivity contribution is 7.09. The van der Waals surface area contributed by atoms with Gasteiger partial charge in [0.2, 0.25) is 0 Å². The summed E-state index contributed by atoms with van der Waals surface area (Å²) in [6.45, 7) is 6.21. The van der Waals surface area contributed by atoms with Crippen molar-refractivity contribution in [1.82, 2.24) is 19.7 Å². The molecule has 0 saturated carbocycles. The molecular formula is C20H21F2N5O2S. The molecule has 0 aliphatic rings. The molecule has 2 aromatic heterocycles. The fourth-order valence-electron chi connectivity index (χ4n) is 2.92. The van der Waals surface area contributed by atoms with Crippen molar-refractivity contribution in [3.05, 3.63) is 62.9 Å². The molecule has 0 spiro atoms. The van der Waals surface area contributed by atoms with Crippen molar-refractivity contribution >= 4 is 28.8 Å². The monoisotopic (exact) mass is 433 g/mol. The maximum absolute atomic E-state index is 14.3. The summed E-state index contributed by atoms with van der Waals surface area (Å²) in [6, 6.07) is 3.51. The van der Waals surface area contributed by atoms with Crippen molar-refractivity contribution in [2.45, 2.75) is 27.3 Å². The largest absolute Gasteiger partial charge is 0.340 e. The minimum atomic E-state index is -1.00. The second-order valence-electron chi connectivity index (χ2n) is 6.89. The summed E-state index contributed by atoms with van der Waals surface area (Å²) in [5.41, 5.74) is 1.31. The highest BCUT2D eigenvalue weighted by Crippen LogP contribution is 2.22. The van der Waals surface area contributed by atoms with Gasteiger partial charge < -0.3 is 10.2 Å². The van der Waals surface area contributed by atoms with Crippen LogP contribution in [-0.2, 0) is 6.54 Å².